The van der Waals surface area contributed by atoms with Crippen LogP contribution in [0.4, 0.5) is 5.82 Å². The Hall–Kier alpha value is -3.19. The lowest BCUT2D eigenvalue weighted by Crippen LogP contribution is -2.41. The average molecular weight is 378 g/mol. The third-order valence-corrected chi connectivity index (χ3v) is 4.79. The standard InChI is InChI=1S/C21H22N4O3/c1-15(26)22-20-14-19-18(3-2-8-25(19)23-20)17-6-4-16(5-7-17)13-21(27)24-9-11-28-12-10-24/h2-8,14H,9-13H2,1H3,(H,22,23,26). The van der Waals surface area contributed by atoms with Crippen molar-refractivity contribution < 1.29 is 14.3 Å². The Morgan fingerprint density at radius 1 is 1.14 bits per heavy atom. The van der Waals surface area contributed by atoms with Crippen molar-refractivity contribution >= 4 is 23.1 Å². The number of aromatic nitrogens is 2. The quantitative estimate of drug-likeness (QED) is 0.756. The summed E-state index contributed by atoms with van der Waals surface area (Å²) < 4.78 is 7.05. The topological polar surface area (TPSA) is 75.9 Å². The molecule has 144 valence electrons. The molecule has 1 saturated heterocycles. The fourth-order valence-electron chi connectivity index (χ4n) is 3.40. The number of fused-ring (bicyclic) bond motifs is 1. The number of pyridine rings is 1. The van der Waals surface area contributed by atoms with Crippen LogP contribution in [0.25, 0.3) is 16.6 Å². The minimum Gasteiger partial charge on any atom is -0.378 e. The van der Waals surface area contributed by atoms with Crippen LogP contribution in [0.5, 0.6) is 0 Å². The van der Waals surface area contributed by atoms with Gasteiger partial charge in [-0.2, -0.15) is 5.10 Å². The van der Waals surface area contributed by atoms with E-state index in [1.165, 1.54) is 6.92 Å². The molecule has 2 amide bonds. The first-order valence-corrected chi connectivity index (χ1v) is 9.31. The molecular formula is C21H22N4O3. The highest BCUT2D eigenvalue weighted by atomic mass is 16.5. The summed E-state index contributed by atoms with van der Waals surface area (Å²) in [4.78, 5) is 25.6. The molecular weight excluding hydrogens is 356 g/mol. The maximum atomic E-state index is 12.4. The highest BCUT2D eigenvalue weighted by Gasteiger charge is 2.17. The first-order chi connectivity index (χ1) is 13.6. The van der Waals surface area contributed by atoms with Gasteiger partial charge in [0.25, 0.3) is 0 Å². The molecule has 1 aliphatic rings. The van der Waals surface area contributed by atoms with Gasteiger partial charge < -0.3 is 15.0 Å². The van der Waals surface area contributed by atoms with Crippen molar-refractivity contribution in [1.29, 1.82) is 0 Å². The van der Waals surface area contributed by atoms with E-state index in [2.05, 4.69) is 10.4 Å². The second-order valence-corrected chi connectivity index (χ2v) is 6.83. The minimum atomic E-state index is -0.153. The van der Waals surface area contributed by atoms with Crippen LogP contribution >= 0.6 is 0 Å². The molecule has 0 bridgehead atoms. The highest BCUT2D eigenvalue weighted by molar-refractivity contribution is 5.90. The Bertz CT molecular complexity index is 1000. The summed E-state index contributed by atoms with van der Waals surface area (Å²) in [6, 6.07) is 13.8. The van der Waals surface area contributed by atoms with Crippen LogP contribution < -0.4 is 5.32 Å². The summed E-state index contributed by atoms with van der Waals surface area (Å²) in [7, 11) is 0. The number of nitrogens with one attached hydrogen (secondary N) is 1. The molecule has 0 spiro atoms. The predicted octanol–water partition coefficient (Wildman–Crippen LogP) is 2.36. The molecule has 1 aliphatic heterocycles. The normalized spacial score (nSPS) is 14.2. The molecule has 7 heteroatoms. The van der Waals surface area contributed by atoms with Gasteiger partial charge in [-0.05, 0) is 17.2 Å². The molecule has 1 N–H and O–H groups in total. The summed E-state index contributed by atoms with van der Waals surface area (Å²) in [6.07, 6.45) is 2.24. The van der Waals surface area contributed by atoms with Gasteiger partial charge in [-0.25, -0.2) is 4.52 Å². The van der Waals surface area contributed by atoms with E-state index >= 15 is 0 Å². The number of benzene rings is 1. The van der Waals surface area contributed by atoms with Gasteiger partial charge in [-0.3, -0.25) is 9.59 Å². The summed E-state index contributed by atoms with van der Waals surface area (Å²) >= 11 is 0. The Morgan fingerprint density at radius 3 is 2.61 bits per heavy atom. The molecule has 3 aromatic rings. The molecule has 7 nitrogen and oxygen atoms in total. The smallest absolute Gasteiger partial charge is 0.227 e. The number of carbonyl (C=O) groups is 2. The first kappa shape index (κ1) is 18.2. The van der Waals surface area contributed by atoms with Gasteiger partial charge in [0.05, 0.1) is 25.2 Å². The van der Waals surface area contributed by atoms with Crippen molar-refractivity contribution in [2.24, 2.45) is 0 Å². The number of nitrogens with zero attached hydrogens (tertiary/aromatic N) is 3. The largest absolute Gasteiger partial charge is 0.378 e. The summed E-state index contributed by atoms with van der Waals surface area (Å²) in [5.74, 6) is 0.501. The molecule has 0 aliphatic carbocycles. The van der Waals surface area contributed by atoms with Gasteiger partial charge in [0, 0.05) is 37.8 Å². The van der Waals surface area contributed by atoms with Crippen LogP contribution in [0.15, 0.2) is 48.7 Å². The van der Waals surface area contributed by atoms with E-state index in [-0.39, 0.29) is 11.8 Å². The SMILES string of the molecule is CC(=O)Nc1cc2c(-c3ccc(CC(=O)N4CCOCC4)cc3)cccn2n1. The maximum Gasteiger partial charge on any atom is 0.227 e. The van der Waals surface area contributed by atoms with Gasteiger partial charge in [0.15, 0.2) is 5.82 Å². The Labute approximate surface area is 162 Å². The van der Waals surface area contributed by atoms with Crippen molar-refractivity contribution in [2.75, 3.05) is 31.6 Å². The van der Waals surface area contributed by atoms with Crippen molar-refractivity contribution in [3.63, 3.8) is 0 Å². The van der Waals surface area contributed by atoms with E-state index in [0.717, 1.165) is 22.2 Å². The van der Waals surface area contributed by atoms with Crippen molar-refractivity contribution in [1.82, 2.24) is 14.5 Å². The van der Waals surface area contributed by atoms with E-state index in [0.29, 0.717) is 38.5 Å². The minimum absolute atomic E-state index is 0.133. The molecule has 2 aromatic heterocycles. The van der Waals surface area contributed by atoms with Crippen LogP contribution in [0, 0.1) is 0 Å². The highest BCUT2D eigenvalue weighted by Crippen LogP contribution is 2.26. The zero-order valence-corrected chi connectivity index (χ0v) is 15.7. The van der Waals surface area contributed by atoms with E-state index in [4.69, 9.17) is 4.74 Å². The summed E-state index contributed by atoms with van der Waals surface area (Å²) in [5, 5.41) is 7.08. The van der Waals surface area contributed by atoms with E-state index in [9.17, 15) is 9.59 Å². The second-order valence-electron chi connectivity index (χ2n) is 6.83. The predicted molar refractivity (Wildman–Crippen MR) is 106 cm³/mol. The number of hydrogen-bond donors (Lipinski definition) is 1. The molecule has 1 fully saturated rings. The lowest BCUT2D eigenvalue weighted by Gasteiger charge is -2.26. The monoisotopic (exact) mass is 378 g/mol. The molecule has 0 unspecified atom stereocenters. The van der Waals surface area contributed by atoms with Crippen molar-refractivity contribution in [3.8, 4) is 11.1 Å². The number of morpholine rings is 1. The zero-order valence-electron chi connectivity index (χ0n) is 15.7. The molecule has 0 radical (unpaired) electrons. The molecule has 1 aromatic carbocycles. The first-order valence-electron chi connectivity index (χ1n) is 9.31. The number of carbonyl (C=O) groups excluding carboxylic acids is 2. The van der Waals surface area contributed by atoms with Crippen LogP contribution in [0.3, 0.4) is 0 Å². The third-order valence-electron chi connectivity index (χ3n) is 4.79. The van der Waals surface area contributed by atoms with E-state index in [1.807, 2.05) is 53.6 Å². The fraction of sp³-hybridized carbons (Fsp3) is 0.286. The van der Waals surface area contributed by atoms with Crippen LogP contribution in [-0.2, 0) is 20.7 Å². The van der Waals surface area contributed by atoms with Gasteiger partial charge in [-0.15, -0.1) is 0 Å². The number of hydrogen-bond acceptors (Lipinski definition) is 4. The fourth-order valence-corrected chi connectivity index (χ4v) is 3.40. The summed E-state index contributed by atoms with van der Waals surface area (Å²) in [6.45, 7) is 4.01. The summed E-state index contributed by atoms with van der Waals surface area (Å²) in [5.41, 5.74) is 3.93. The van der Waals surface area contributed by atoms with E-state index < -0.39 is 0 Å². The second kappa shape index (κ2) is 7.82. The van der Waals surface area contributed by atoms with Gasteiger partial charge >= 0.3 is 0 Å². The molecule has 28 heavy (non-hydrogen) atoms. The number of rotatable bonds is 4. The maximum absolute atomic E-state index is 12.4. The Balaban J connectivity index is 1.54. The number of amides is 2. The lowest BCUT2D eigenvalue weighted by molar-refractivity contribution is -0.134. The Kier molecular flexibility index (Phi) is 5.08. The zero-order chi connectivity index (χ0) is 19.5. The number of anilines is 1. The molecule has 0 saturated carbocycles. The Morgan fingerprint density at radius 2 is 1.89 bits per heavy atom. The molecule has 4 rings (SSSR count). The van der Waals surface area contributed by atoms with Crippen molar-refractivity contribution in [2.45, 2.75) is 13.3 Å². The third kappa shape index (κ3) is 3.89. The molecule has 3 heterocycles. The van der Waals surface area contributed by atoms with Gasteiger partial charge in [0.1, 0.15) is 0 Å². The number of ether oxygens (including phenoxy) is 1. The van der Waals surface area contributed by atoms with E-state index in [1.54, 1.807) is 4.52 Å². The lowest BCUT2D eigenvalue weighted by atomic mass is 10.0. The molecule has 0 atom stereocenters. The van der Waals surface area contributed by atoms with Crippen molar-refractivity contribution in [3.05, 3.63) is 54.2 Å². The van der Waals surface area contributed by atoms with Gasteiger partial charge in [0.2, 0.25) is 11.8 Å². The van der Waals surface area contributed by atoms with Gasteiger partial charge in [-0.1, -0.05) is 30.3 Å². The van der Waals surface area contributed by atoms with Crippen LogP contribution in [0.2, 0.25) is 0 Å². The van der Waals surface area contributed by atoms with Crippen LogP contribution in [0.1, 0.15) is 12.5 Å². The van der Waals surface area contributed by atoms with Crippen LogP contribution in [-0.4, -0.2) is 52.6 Å². The average Bonchev–Trinajstić information content (AvgIpc) is 3.11.